The Morgan fingerprint density at radius 2 is 1.28 bits per heavy atom. The summed E-state index contributed by atoms with van der Waals surface area (Å²) in [5, 5.41) is 0.847. The van der Waals surface area contributed by atoms with Crippen molar-refractivity contribution in [1.82, 2.24) is 5.32 Å². The molecule has 0 radical (unpaired) electrons. The van der Waals surface area contributed by atoms with Gasteiger partial charge >= 0.3 is 0 Å². The molecule has 1 unspecified atom stereocenters. The van der Waals surface area contributed by atoms with E-state index in [4.69, 9.17) is 10.3 Å². The Hall–Kier alpha value is -0.660. The van der Waals surface area contributed by atoms with Gasteiger partial charge in [-0.1, -0.05) is 84.0 Å². The number of nitrogens with one attached hydrogen (secondary N) is 1. The standard InChI is InChI=1S/C18H38N2O4S/c1-2-3-4-5-6-7-8-9-10-11-12-13-14-15-17(21)20-18(16-19)25(22,23)24/h18H,2-16,19H2,1H3,(H,20,21)(H,22,23,24). The van der Waals surface area contributed by atoms with Crippen molar-refractivity contribution in [1.29, 1.82) is 0 Å². The maximum Gasteiger partial charge on any atom is 0.287 e. The Kier molecular flexibility index (Phi) is 15.2. The number of rotatable bonds is 17. The molecule has 6 nitrogen and oxygen atoms in total. The zero-order valence-electron chi connectivity index (χ0n) is 15.8. The van der Waals surface area contributed by atoms with E-state index in [9.17, 15) is 13.2 Å². The summed E-state index contributed by atoms with van der Waals surface area (Å²) < 4.78 is 30.8. The smallest absolute Gasteiger partial charge is 0.287 e. The highest BCUT2D eigenvalue weighted by atomic mass is 32.2. The molecule has 4 N–H and O–H groups in total. The molecule has 0 fully saturated rings. The Bertz CT molecular complexity index is 427. The number of carbonyl (C=O) groups excluding carboxylic acids is 1. The van der Waals surface area contributed by atoms with E-state index in [2.05, 4.69) is 12.2 Å². The summed E-state index contributed by atoms with van der Waals surface area (Å²) in [7, 11) is -4.32. The molecule has 0 heterocycles. The molecule has 150 valence electrons. The van der Waals surface area contributed by atoms with E-state index in [1.54, 1.807) is 0 Å². The van der Waals surface area contributed by atoms with E-state index in [0.717, 1.165) is 19.3 Å². The van der Waals surface area contributed by atoms with Gasteiger partial charge in [-0.15, -0.1) is 0 Å². The van der Waals surface area contributed by atoms with Crippen LogP contribution in [0.2, 0.25) is 0 Å². The predicted molar refractivity (Wildman–Crippen MR) is 103 cm³/mol. The lowest BCUT2D eigenvalue weighted by Crippen LogP contribution is -2.45. The van der Waals surface area contributed by atoms with Crippen LogP contribution in [-0.2, 0) is 14.9 Å². The van der Waals surface area contributed by atoms with E-state index < -0.39 is 15.5 Å². The average Bonchev–Trinajstić information content (AvgIpc) is 2.55. The molecule has 0 bridgehead atoms. The quantitative estimate of drug-likeness (QED) is 0.264. The Labute approximate surface area is 154 Å². The monoisotopic (exact) mass is 378 g/mol. The molecule has 0 saturated carbocycles. The van der Waals surface area contributed by atoms with Crippen molar-refractivity contribution in [2.75, 3.05) is 6.54 Å². The van der Waals surface area contributed by atoms with Gasteiger partial charge in [-0.25, -0.2) is 0 Å². The maximum absolute atomic E-state index is 11.6. The fourth-order valence-electron chi connectivity index (χ4n) is 2.81. The van der Waals surface area contributed by atoms with E-state index in [1.807, 2.05) is 0 Å². The van der Waals surface area contributed by atoms with Gasteiger partial charge in [0, 0.05) is 13.0 Å². The summed E-state index contributed by atoms with van der Waals surface area (Å²) >= 11 is 0. The fourth-order valence-corrected chi connectivity index (χ4v) is 3.33. The molecule has 1 amide bonds. The first-order valence-corrected chi connectivity index (χ1v) is 11.4. The summed E-state index contributed by atoms with van der Waals surface area (Å²) in [5.74, 6) is -0.379. The Morgan fingerprint density at radius 1 is 0.880 bits per heavy atom. The normalized spacial score (nSPS) is 12.9. The van der Waals surface area contributed by atoms with E-state index >= 15 is 0 Å². The van der Waals surface area contributed by atoms with Crippen molar-refractivity contribution in [3.8, 4) is 0 Å². The predicted octanol–water partition coefficient (Wildman–Crippen LogP) is 3.76. The van der Waals surface area contributed by atoms with Gasteiger partial charge in [0.25, 0.3) is 10.1 Å². The van der Waals surface area contributed by atoms with E-state index in [1.165, 1.54) is 64.2 Å². The molecule has 0 rings (SSSR count). The van der Waals surface area contributed by atoms with Crippen molar-refractivity contribution < 1.29 is 17.8 Å². The molecule has 1 atom stereocenters. The van der Waals surface area contributed by atoms with E-state index in [-0.39, 0.29) is 18.9 Å². The molecule has 0 aliphatic heterocycles. The second-order valence-corrected chi connectivity index (χ2v) is 8.40. The molecular weight excluding hydrogens is 340 g/mol. The maximum atomic E-state index is 11.6. The lowest BCUT2D eigenvalue weighted by Gasteiger charge is -2.13. The number of carbonyl (C=O) groups is 1. The van der Waals surface area contributed by atoms with Crippen molar-refractivity contribution >= 4 is 16.0 Å². The molecule has 0 aromatic carbocycles. The highest BCUT2D eigenvalue weighted by Crippen LogP contribution is 2.13. The molecule has 0 aromatic rings. The first kappa shape index (κ1) is 24.3. The van der Waals surface area contributed by atoms with Gasteiger partial charge in [0.15, 0.2) is 5.37 Å². The van der Waals surface area contributed by atoms with Crippen LogP contribution in [0.15, 0.2) is 0 Å². The van der Waals surface area contributed by atoms with Crippen LogP contribution in [0.3, 0.4) is 0 Å². The van der Waals surface area contributed by atoms with Crippen LogP contribution in [-0.4, -0.2) is 30.8 Å². The summed E-state index contributed by atoms with van der Waals surface area (Å²) in [4.78, 5) is 11.6. The highest BCUT2D eigenvalue weighted by molar-refractivity contribution is 7.86. The molecule has 0 aliphatic carbocycles. The number of hydrogen-bond acceptors (Lipinski definition) is 4. The summed E-state index contributed by atoms with van der Waals surface area (Å²) in [6.07, 6.45) is 16.2. The summed E-state index contributed by atoms with van der Waals surface area (Å²) in [6.45, 7) is 1.91. The van der Waals surface area contributed by atoms with Gasteiger partial charge in [0.05, 0.1) is 0 Å². The fraction of sp³-hybridized carbons (Fsp3) is 0.944. The minimum atomic E-state index is -4.32. The molecule has 0 spiro atoms. The van der Waals surface area contributed by atoms with Crippen molar-refractivity contribution in [3.05, 3.63) is 0 Å². The van der Waals surface area contributed by atoms with Gasteiger partial charge in [-0.2, -0.15) is 8.42 Å². The third-order valence-electron chi connectivity index (χ3n) is 4.40. The van der Waals surface area contributed by atoms with Crippen LogP contribution in [0, 0.1) is 0 Å². The van der Waals surface area contributed by atoms with Gasteiger partial charge in [-0.3, -0.25) is 9.35 Å². The third-order valence-corrected chi connectivity index (χ3v) is 5.43. The number of hydrogen-bond donors (Lipinski definition) is 3. The first-order valence-electron chi connectivity index (χ1n) is 9.87. The molecular formula is C18H38N2O4S. The van der Waals surface area contributed by atoms with Gasteiger partial charge < -0.3 is 11.1 Å². The zero-order chi connectivity index (χ0) is 19.0. The lowest BCUT2D eigenvalue weighted by molar-refractivity contribution is -0.121. The molecule has 25 heavy (non-hydrogen) atoms. The Morgan fingerprint density at radius 3 is 1.64 bits per heavy atom. The van der Waals surface area contributed by atoms with Gasteiger partial charge in [0.2, 0.25) is 5.91 Å². The van der Waals surface area contributed by atoms with Crippen molar-refractivity contribution in [2.24, 2.45) is 5.73 Å². The highest BCUT2D eigenvalue weighted by Gasteiger charge is 2.22. The minimum Gasteiger partial charge on any atom is -0.337 e. The average molecular weight is 379 g/mol. The van der Waals surface area contributed by atoms with Crippen LogP contribution in [0.5, 0.6) is 0 Å². The SMILES string of the molecule is CCCCCCCCCCCCCCCC(=O)NC(CN)S(=O)(=O)O. The third kappa shape index (κ3) is 15.3. The van der Waals surface area contributed by atoms with Crippen LogP contribution in [0.1, 0.15) is 96.8 Å². The van der Waals surface area contributed by atoms with Crippen LogP contribution in [0.25, 0.3) is 0 Å². The topological polar surface area (TPSA) is 109 Å². The van der Waals surface area contributed by atoms with Crippen molar-refractivity contribution in [2.45, 2.75) is 102 Å². The second-order valence-electron chi connectivity index (χ2n) is 6.80. The molecule has 7 heteroatoms. The molecule has 0 aromatic heterocycles. The summed E-state index contributed by atoms with van der Waals surface area (Å²) in [6, 6.07) is 0. The number of unbranched alkanes of at least 4 members (excludes halogenated alkanes) is 12. The second kappa shape index (κ2) is 15.6. The van der Waals surface area contributed by atoms with Crippen LogP contribution in [0.4, 0.5) is 0 Å². The lowest BCUT2D eigenvalue weighted by atomic mass is 10.0. The molecule has 0 saturated heterocycles. The van der Waals surface area contributed by atoms with E-state index in [0.29, 0.717) is 0 Å². The number of nitrogens with two attached hydrogens (primary N) is 1. The number of amides is 1. The van der Waals surface area contributed by atoms with Gasteiger partial charge in [0.1, 0.15) is 0 Å². The Balaban J connectivity index is 3.42. The molecule has 0 aliphatic rings. The minimum absolute atomic E-state index is 0.268. The largest absolute Gasteiger partial charge is 0.337 e. The first-order chi connectivity index (χ1) is 11.9. The van der Waals surface area contributed by atoms with Crippen LogP contribution < -0.4 is 11.1 Å². The summed E-state index contributed by atoms with van der Waals surface area (Å²) in [5.41, 5.74) is 5.23. The van der Waals surface area contributed by atoms with Gasteiger partial charge in [-0.05, 0) is 6.42 Å². The van der Waals surface area contributed by atoms with Crippen LogP contribution >= 0.6 is 0 Å². The van der Waals surface area contributed by atoms with Crippen molar-refractivity contribution in [3.63, 3.8) is 0 Å². The zero-order valence-corrected chi connectivity index (χ0v) is 16.7.